The minimum absolute atomic E-state index is 0.912. The molecule has 3 heteroatoms. The van der Waals surface area contributed by atoms with Crippen LogP contribution in [0.1, 0.15) is 0 Å². The molecule has 248 valence electrons. The molecule has 0 saturated carbocycles. The fourth-order valence-corrected chi connectivity index (χ4v) is 9.35. The van der Waals surface area contributed by atoms with Gasteiger partial charge in [-0.25, -0.2) is 0 Å². The maximum atomic E-state index is 6.70. The third-order valence-corrected chi connectivity index (χ3v) is 11.8. The van der Waals surface area contributed by atoms with Gasteiger partial charge in [0.1, 0.15) is 11.2 Å². The van der Waals surface area contributed by atoms with Gasteiger partial charge >= 0.3 is 0 Å². The molecule has 11 rings (SSSR count). The Hall–Kier alpha value is -6.68. The summed E-state index contributed by atoms with van der Waals surface area (Å²) >= 11 is 1.85. The second-order valence-electron chi connectivity index (χ2n) is 13.7. The van der Waals surface area contributed by atoms with Crippen molar-refractivity contribution in [2.45, 2.75) is 0 Å². The van der Waals surface area contributed by atoms with Gasteiger partial charge in [0, 0.05) is 47.7 Å². The molecule has 0 aliphatic carbocycles. The molecule has 0 amide bonds. The fraction of sp³-hybridized carbons (Fsp3) is 0. The number of hydrogen-bond donors (Lipinski definition) is 0. The molecule has 0 atom stereocenters. The Kier molecular flexibility index (Phi) is 6.76. The van der Waals surface area contributed by atoms with Crippen molar-refractivity contribution < 1.29 is 4.42 Å². The third kappa shape index (κ3) is 4.78. The Morgan fingerprint density at radius 1 is 0.396 bits per heavy atom. The predicted molar refractivity (Wildman–Crippen MR) is 227 cm³/mol. The second-order valence-corrected chi connectivity index (χ2v) is 14.7. The summed E-state index contributed by atoms with van der Waals surface area (Å²) in [7, 11) is 0. The molecule has 53 heavy (non-hydrogen) atoms. The molecule has 9 aromatic carbocycles. The average molecular weight is 694 g/mol. The van der Waals surface area contributed by atoms with E-state index in [1.807, 2.05) is 11.3 Å². The van der Waals surface area contributed by atoms with Crippen molar-refractivity contribution in [3.63, 3.8) is 0 Å². The first-order valence-electron chi connectivity index (χ1n) is 18.0. The monoisotopic (exact) mass is 693 g/mol. The van der Waals surface area contributed by atoms with Crippen molar-refractivity contribution in [1.82, 2.24) is 0 Å². The Balaban J connectivity index is 1.17. The molecular weight excluding hydrogens is 663 g/mol. The highest BCUT2D eigenvalue weighted by molar-refractivity contribution is 7.26. The van der Waals surface area contributed by atoms with Crippen LogP contribution in [-0.4, -0.2) is 0 Å². The molecule has 0 spiro atoms. The molecule has 0 bridgehead atoms. The zero-order valence-corrected chi connectivity index (χ0v) is 29.5. The lowest BCUT2D eigenvalue weighted by atomic mass is 9.97. The molecule has 0 aliphatic rings. The molecule has 2 heterocycles. The average Bonchev–Trinajstić information content (AvgIpc) is 3.81. The van der Waals surface area contributed by atoms with Crippen LogP contribution in [-0.2, 0) is 0 Å². The van der Waals surface area contributed by atoms with Crippen LogP contribution in [0.3, 0.4) is 0 Å². The molecule has 0 unspecified atom stereocenters. The maximum absolute atomic E-state index is 6.70. The lowest BCUT2D eigenvalue weighted by Crippen LogP contribution is -2.10. The molecule has 0 fully saturated rings. The topological polar surface area (TPSA) is 16.4 Å². The minimum atomic E-state index is 0.912. The van der Waals surface area contributed by atoms with Gasteiger partial charge in [-0.2, -0.15) is 0 Å². The molecule has 2 nitrogen and oxygen atoms in total. The Morgan fingerprint density at radius 2 is 1.09 bits per heavy atom. The first-order chi connectivity index (χ1) is 26.3. The van der Waals surface area contributed by atoms with Crippen molar-refractivity contribution >= 4 is 92.1 Å². The summed E-state index contributed by atoms with van der Waals surface area (Å²) in [5.41, 5.74) is 10.00. The Bertz CT molecular complexity index is 3170. The fourth-order valence-electron chi connectivity index (χ4n) is 8.22. The van der Waals surface area contributed by atoms with Crippen LogP contribution in [0.2, 0.25) is 0 Å². The van der Waals surface area contributed by atoms with Gasteiger partial charge in [0.05, 0.1) is 5.69 Å². The lowest BCUT2D eigenvalue weighted by Gasteiger charge is -2.27. The van der Waals surface area contributed by atoms with E-state index in [1.54, 1.807) is 0 Å². The summed E-state index contributed by atoms with van der Waals surface area (Å²) in [5.74, 6) is 0. The Labute approximate surface area is 310 Å². The van der Waals surface area contributed by atoms with Gasteiger partial charge in [0.15, 0.2) is 0 Å². The molecule has 0 aliphatic heterocycles. The van der Waals surface area contributed by atoms with Crippen molar-refractivity contribution in [2.75, 3.05) is 4.90 Å². The lowest BCUT2D eigenvalue weighted by molar-refractivity contribution is 0.673. The molecule has 0 N–H and O–H groups in total. The largest absolute Gasteiger partial charge is 0.455 e. The van der Waals surface area contributed by atoms with E-state index in [1.165, 1.54) is 64.0 Å². The Morgan fingerprint density at radius 3 is 1.96 bits per heavy atom. The number of benzene rings is 9. The minimum Gasteiger partial charge on any atom is -0.455 e. The molecule has 2 aromatic heterocycles. The van der Waals surface area contributed by atoms with Crippen LogP contribution >= 0.6 is 11.3 Å². The van der Waals surface area contributed by atoms with Crippen molar-refractivity contribution in [3.05, 3.63) is 188 Å². The van der Waals surface area contributed by atoms with E-state index in [-0.39, 0.29) is 0 Å². The van der Waals surface area contributed by atoms with Crippen LogP contribution in [0.4, 0.5) is 17.1 Å². The first kappa shape index (κ1) is 30.0. The standard InChI is InChI=1S/C50H31NOS/c1-2-11-32(12-3-1)36-16-8-17-38(31-36)51(37-26-23-35(24-27-37)40-20-9-15-33-13-4-6-18-39(33)40)43-21-10-22-45-48(43)49-46(53-45)30-29-44-47(49)42-28-25-34-14-5-7-19-41(34)50(42)52-44/h1-31H. The molecular formula is C50H31NOS. The van der Waals surface area contributed by atoms with Gasteiger partial charge in [-0.1, -0.05) is 133 Å². The van der Waals surface area contributed by atoms with Crippen LogP contribution in [0.15, 0.2) is 192 Å². The highest BCUT2D eigenvalue weighted by Gasteiger charge is 2.22. The van der Waals surface area contributed by atoms with Gasteiger partial charge in [-0.3, -0.25) is 0 Å². The predicted octanol–water partition coefficient (Wildman–Crippen LogP) is 15.1. The maximum Gasteiger partial charge on any atom is 0.143 e. The number of hydrogen-bond acceptors (Lipinski definition) is 3. The highest BCUT2D eigenvalue weighted by atomic mass is 32.1. The summed E-state index contributed by atoms with van der Waals surface area (Å²) in [4.78, 5) is 2.43. The molecule has 0 radical (unpaired) electrons. The van der Waals surface area contributed by atoms with Crippen molar-refractivity contribution in [1.29, 1.82) is 0 Å². The van der Waals surface area contributed by atoms with Crippen molar-refractivity contribution in [2.24, 2.45) is 0 Å². The van der Waals surface area contributed by atoms with Crippen LogP contribution in [0, 0.1) is 0 Å². The van der Waals surface area contributed by atoms with Gasteiger partial charge in [0.2, 0.25) is 0 Å². The van der Waals surface area contributed by atoms with Gasteiger partial charge in [-0.05, 0) is 93.0 Å². The van der Waals surface area contributed by atoms with E-state index in [9.17, 15) is 0 Å². The summed E-state index contributed by atoms with van der Waals surface area (Å²) in [6.07, 6.45) is 0. The number of furan rings is 1. The highest BCUT2D eigenvalue weighted by Crippen LogP contribution is 2.49. The van der Waals surface area contributed by atoms with Crippen LogP contribution in [0.25, 0.3) is 85.9 Å². The van der Waals surface area contributed by atoms with E-state index in [4.69, 9.17) is 4.42 Å². The number of rotatable bonds is 5. The van der Waals surface area contributed by atoms with Gasteiger partial charge < -0.3 is 9.32 Å². The van der Waals surface area contributed by atoms with Crippen LogP contribution in [0.5, 0.6) is 0 Å². The number of thiophene rings is 1. The van der Waals surface area contributed by atoms with E-state index < -0.39 is 0 Å². The molecule has 0 saturated heterocycles. The SMILES string of the molecule is c1ccc(-c2cccc(N(c3ccc(-c4cccc5ccccc45)cc3)c3cccc4sc5ccc6oc7c8ccccc8ccc7c6c5c34)c2)cc1. The van der Waals surface area contributed by atoms with E-state index in [0.717, 1.165) is 39.0 Å². The normalized spacial score (nSPS) is 11.8. The smallest absolute Gasteiger partial charge is 0.143 e. The zero-order chi connectivity index (χ0) is 34.9. The van der Waals surface area contributed by atoms with Gasteiger partial charge in [0.25, 0.3) is 0 Å². The summed E-state index contributed by atoms with van der Waals surface area (Å²) < 4.78 is 9.20. The quantitative estimate of drug-likeness (QED) is 0.178. The molecule has 11 aromatic rings. The van der Waals surface area contributed by atoms with E-state index in [2.05, 4.69) is 193 Å². The van der Waals surface area contributed by atoms with Gasteiger partial charge in [-0.15, -0.1) is 11.3 Å². The summed E-state index contributed by atoms with van der Waals surface area (Å²) in [6, 6.07) is 67.9. The first-order valence-corrected chi connectivity index (χ1v) is 18.8. The van der Waals surface area contributed by atoms with E-state index in [0.29, 0.717) is 0 Å². The third-order valence-electron chi connectivity index (χ3n) is 10.6. The second kappa shape index (κ2) is 11.9. The zero-order valence-electron chi connectivity index (χ0n) is 28.7. The van der Waals surface area contributed by atoms with Crippen LogP contribution < -0.4 is 4.90 Å². The number of anilines is 3. The summed E-state index contributed by atoms with van der Waals surface area (Å²) in [6.45, 7) is 0. The van der Waals surface area contributed by atoms with E-state index >= 15 is 0 Å². The number of fused-ring (bicyclic) bond motifs is 10. The number of nitrogens with zero attached hydrogens (tertiary/aromatic N) is 1. The van der Waals surface area contributed by atoms with Crippen molar-refractivity contribution in [3.8, 4) is 22.3 Å². The summed E-state index contributed by atoms with van der Waals surface area (Å²) in [5, 5.41) is 9.62.